The van der Waals surface area contributed by atoms with Gasteiger partial charge < -0.3 is 14.8 Å². The van der Waals surface area contributed by atoms with E-state index in [1.165, 1.54) is 12.1 Å². The molecular formula is C24H15NO5S2. The lowest BCUT2D eigenvalue weighted by molar-refractivity contribution is -0.115. The number of nitrogens with one attached hydrogen (secondary N) is 1. The van der Waals surface area contributed by atoms with Crippen molar-refractivity contribution in [2.24, 2.45) is 0 Å². The van der Waals surface area contributed by atoms with Gasteiger partial charge in [-0.3, -0.25) is 4.79 Å². The van der Waals surface area contributed by atoms with E-state index < -0.39 is 11.9 Å². The molecule has 1 saturated heterocycles. The molecule has 0 radical (unpaired) electrons. The van der Waals surface area contributed by atoms with Gasteiger partial charge in [0.05, 0.1) is 16.0 Å². The van der Waals surface area contributed by atoms with E-state index in [2.05, 4.69) is 5.32 Å². The number of hydrogen-bond donors (Lipinski definition) is 1. The predicted octanol–water partition coefficient (Wildman–Crippen LogP) is 4.61. The maximum atomic E-state index is 12.6. The number of hydrogen-bond acceptors (Lipinski definition) is 7. The van der Waals surface area contributed by atoms with Gasteiger partial charge in [-0.15, -0.1) is 0 Å². The van der Waals surface area contributed by atoms with Crippen molar-refractivity contribution in [2.75, 3.05) is 0 Å². The van der Waals surface area contributed by atoms with Crippen LogP contribution >= 0.6 is 24.0 Å². The molecule has 8 heteroatoms. The average Bonchev–Trinajstić information content (AvgIpc) is 3.13. The van der Waals surface area contributed by atoms with E-state index >= 15 is 0 Å². The highest BCUT2D eigenvalue weighted by atomic mass is 32.2. The molecule has 0 aliphatic carbocycles. The Morgan fingerprint density at radius 1 is 0.812 bits per heavy atom. The summed E-state index contributed by atoms with van der Waals surface area (Å²) in [5.41, 5.74) is 1.27. The van der Waals surface area contributed by atoms with Crippen LogP contribution in [0.2, 0.25) is 0 Å². The van der Waals surface area contributed by atoms with Crippen LogP contribution in [-0.2, 0) is 4.79 Å². The van der Waals surface area contributed by atoms with Crippen LogP contribution in [0.25, 0.3) is 6.08 Å². The Balaban J connectivity index is 1.66. The number of thioether (sulfide) groups is 1. The van der Waals surface area contributed by atoms with Crippen LogP contribution in [-0.4, -0.2) is 22.2 Å². The number of ether oxygens (including phenoxy) is 2. The molecule has 0 aromatic heterocycles. The highest BCUT2D eigenvalue weighted by Gasteiger charge is 2.23. The lowest BCUT2D eigenvalue weighted by atomic mass is 10.1. The summed E-state index contributed by atoms with van der Waals surface area (Å²) in [7, 11) is 0. The van der Waals surface area contributed by atoms with Gasteiger partial charge in [-0.05, 0) is 48.0 Å². The summed E-state index contributed by atoms with van der Waals surface area (Å²) >= 11 is 6.14. The van der Waals surface area contributed by atoms with E-state index in [0.29, 0.717) is 25.9 Å². The second-order valence-corrected chi connectivity index (χ2v) is 8.29. The Kier molecular flexibility index (Phi) is 6.44. The van der Waals surface area contributed by atoms with Gasteiger partial charge in [-0.1, -0.05) is 66.4 Å². The monoisotopic (exact) mass is 461 g/mol. The van der Waals surface area contributed by atoms with E-state index in [-0.39, 0.29) is 17.4 Å². The van der Waals surface area contributed by atoms with Crippen LogP contribution in [0.5, 0.6) is 11.5 Å². The first kappa shape index (κ1) is 21.5. The zero-order valence-electron chi connectivity index (χ0n) is 16.4. The maximum Gasteiger partial charge on any atom is 0.343 e. The van der Waals surface area contributed by atoms with E-state index in [1.807, 2.05) is 0 Å². The van der Waals surface area contributed by atoms with Crippen LogP contribution in [0.1, 0.15) is 26.3 Å². The Morgan fingerprint density at radius 2 is 1.38 bits per heavy atom. The van der Waals surface area contributed by atoms with Crippen molar-refractivity contribution in [3.05, 3.63) is 100 Å². The largest absolute Gasteiger partial charge is 0.419 e. The fraction of sp³-hybridized carbons (Fsp3) is 0. The first-order valence-corrected chi connectivity index (χ1v) is 10.7. The van der Waals surface area contributed by atoms with Crippen molar-refractivity contribution < 1.29 is 23.9 Å². The summed E-state index contributed by atoms with van der Waals surface area (Å²) < 4.78 is 11.4. The highest BCUT2D eigenvalue weighted by Crippen LogP contribution is 2.33. The van der Waals surface area contributed by atoms with Crippen LogP contribution in [0.3, 0.4) is 0 Å². The number of carbonyl (C=O) groups excluding carboxylic acids is 3. The van der Waals surface area contributed by atoms with Gasteiger partial charge in [-0.2, -0.15) is 0 Å². The molecule has 1 fully saturated rings. The molecule has 1 amide bonds. The van der Waals surface area contributed by atoms with Crippen LogP contribution in [0.15, 0.2) is 83.8 Å². The summed E-state index contributed by atoms with van der Waals surface area (Å²) in [6.07, 6.45) is 1.61. The lowest BCUT2D eigenvalue weighted by Crippen LogP contribution is -2.17. The van der Waals surface area contributed by atoms with Crippen LogP contribution in [0.4, 0.5) is 0 Å². The molecule has 3 aromatic carbocycles. The topological polar surface area (TPSA) is 81.7 Å². The minimum absolute atomic E-state index is 0.0449. The molecular weight excluding hydrogens is 446 g/mol. The first-order chi connectivity index (χ1) is 15.5. The summed E-state index contributed by atoms with van der Waals surface area (Å²) in [5, 5.41) is 2.54. The first-order valence-electron chi connectivity index (χ1n) is 9.43. The van der Waals surface area contributed by atoms with Crippen molar-refractivity contribution in [2.45, 2.75) is 0 Å². The number of benzene rings is 3. The molecule has 0 atom stereocenters. The van der Waals surface area contributed by atoms with Gasteiger partial charge in [0.1, 0.15) is 4.32 Å². The zero-order chi connectivity index (χ0) is 22.5. The second kappa shape index (κ2) is 9.59. The summed E-state index contributed by atoms with van der Waals surface area (Å²) in [6, 6.07) is 21.6. The molecule has 1 aliphatic heterocycles. The molecule has 0 unspecified atom stereocenters. The molecule has 1 aliphatic rings. The highest BCUT2D eigenvalue weighted by molar-refractivity contribution is 8.26. The third kappa shape index (κ3) is 5.11. The smallest absolute Gasteiger partial charge is 0.343 e. The Hall–Kier alpha value is -3.75. The van der Waals surface area contributed by atoms with Crippen molar-refractivity contribution in [3.63, 3.8) is 0 Å². The molecule has 158 valence electrons. The summed E-state index contributed by atoms with van der Waals surface area (Å²) in [6.45, 7) is 0. The third-order valence-electron chi connectivity index (χ3n) is 4.33. The molecule has 4 rings (SSSR count). The molecule has 32 heavy (non-hydrogen) atoms. The SMILES string of the molecule is O=C1NC(=S)S/C1=C/c1ccc(OC(=O)c2ccccc2)c(OC(=O)c2ccccc2)c1. The van der Waals surface area contributed by atoms with E-state index in [1.54, 1.807) is 72.8 Å². The van der Waals surface area contributed by atoms with Gasteiger partial charge in [0.15, 0.2) is 11.5 Å². The van der Waals surface area contributed by atoms with Crippen molar-refractivity contribution >= 4 is 52.2 Å². The molecule has 3 aromatic rings. The Bertz CT molecular complexity index is 1240. The van der Waals surface area contributed by atoms with E-state index in [4.69, 9.17) is 21.7 Å². The number of carbonyl (C=O) groups is 3. The quantitative estimate of drug-likeness (QED) is 0.257. The fourth-order valence-corrected chi connectivity index (χ4v) is 3.86. The normalized spacial score (nSPS) is 14.2. The third-order valence-corrected chi connectivity index (χ3v) is 5.49. The molecule has 0 spiro atoms. The Morgan fingerprint density at radius 3 is 1.91 bits per heavy atom. The average molecular weight is 462 g/mol. The summed E-state index contributed by atoms with van der Waals surface area (Å²) in [4.78, 5) is 37.5. The number of thiocarbonyl (C=S) groups is 1. The summed E-state index contributed by atoms with van der Waals surface area (Å²) in [5.74, 6) is -1.39. The number of amides is 1. The minimum atomic E-state index is -0.610. The van der Waals surface area contributed by atoms with E-state index in [9.17, 15) is 14.4 Å². The second-order valence-electron chi connectivity index (χ2n) is 6.57. The van der Waals surface area contributed by atoms with Crippen molar-refractivity contribution in [3.8, 4) is 11.5 Å². The van der Waals surface area contributed by atoms with Crippen LogP contribution in [0, 0.1) is 0 Å². The standard InChI is InChI=1S/C24H15NO5S2/c26-21-20(32-24(31)25-21)14-15-11-12-18(29-22(27)16-7-3-1-4-8-16)19(13-15)30-23(28)17-9-5-2-6-10-17/h1-14H,(H,25,26,31)/b20-14+. The lowest BCUT2D eigenvalue weighted by Gasteiger charge is -2.12. The van der Waals surface area contributed by atoms with Gasteiger partial charge in [0.25, 0.3) is 5.91 Å². The molecule has 1 heterocycles. The maximum absolute atomic E-state index is 12.6. The van der Waals surface area contributed by atoms with Crippen molar-refractivity contribution in [1.82, 2.24) is 5.32 Å². The van der Waals surface area contributed by atoms with Gasteiger partial charge in [-0.25, -0.2) is 9.59 Å². The van der Waals surface area contributed by atoms with Gasteiger partial charge in [0, 0.05) is 0 Å². The zero-order valence-corrected chi connectivity index (χ0v) is 18.1. The van der Waals surface area contributed by atoms with E-state index in [0.717, 1.165) is 11.8 Å². The Labute approximate surface area is 193 Å². The molecule has 0 bridgehead atoms. The van der Waals surface area contributed by atoms with Crippen molar-refractivity contribution in [1.29, 1.82) is 0 Å². The predicted molar refractivity (Wildman–Crippen MR) is 126 cm³/mol. The van der Waals surface area contributed by atoms with Gasteiger partial charge in [0.2, 0.25) is 0 Å². The minimum Gasteiger partial charge on any atom is -0.419 e. The number of esters is 2. The van der Waals surface area contributed by atoms with Crippen LogP contribution < -0.4 is 14.8 Å². The number of rotatable bonds is 5. The fourth-order valence-electron chi connectivity index (χ4n) is 2.82. The molecule has 6 nitrogen and oxygen atoms in total. The molecule has 0 saturated carbocycles. The van der Waals surface area contributed by atoms with Gasteiger partial charge >= 0.3 is 11.9 Å². The molecule has 1 N–H and O–H groups in total.